The highest BCUT2D eigenvalue weighted by Gasteiger charge is 2.31. The maximum Gasteiger partial charge on any atom is 0.303 e. The predicted octanol–water partition coefficient (Wildman–Crippen LogP) is 5.52. The van der Waals surface area contributed by atoms with E-state index < -0.39 is 21.2 Å². The zero-order chi connectivity index (χ0) is 24.1. The summed E-state index contributed by atoms with van der Waals surface area (Å²) in [6, 6.07) is 11.6. The van der Waals surface area contributed by atoms with Gasteiger partial charge in [-0.3, -0.25) is 9.78 Å². The van der Waals surface area contributed by atoms with Crippen LogP contribution >= 0.6 is 0 Å². The van der Waals surface area contributed by atoms with Gasteiger partial charge in [0.25, 0.3) is 0 Å². The highest BCUT2D eigenvalue weighted by Crippen LogP contribution is 2.28. The second-order valence-corrected chi connectivity index (χ2v) is 10.4. The van der Waals surface area contributed by atoms with Crippen LogP contribution in [0.4, 0.5) is 0 Å². The highest BCUT2D eigenvalue weighted by atomic mass is 32.2. The summed E-state index contributed by atoms with van der Waals surface area (Å²) in [6.45, 7) is 6.61. The fourth-order valence-corrected chi connectivity index (χ4v) is 5.50. The van der Waals surface area contributed by atoms with Gasteiger partial charge in [0, 0.05) is 31.9 Å². The molecule has 0 amide bonds. The van der Waals surface area contributed by atoms with Crippen molar-refractivity contribution in [1.82, 2.24) is 9.29 Å². The molecule has 1 atom stereocenters. The molecule has 1 aromatic carbocycles. The van der Waals surface area contributed by atoms with Crippen molar-refractivity contribution >= 4 is 16.0 Å². The Morgan fingerprint density at radius 3 is 2.39 bits per heavy atom. The molecule has 1 unspecified atom stereocenters. The first-order valence-electron chi connectivity index (χ1n) is 11.7. The van der Waals surface area contributed by atoms with Gasteiger partial charge in [-0.2, -0.15) is 4.31 Å². The largest absolute Gasteiger partial charge is 0.481 e. The average Bonchev–Trinajstić information content (AvgIpc) is 2.80. The van der Waals surface area contributed by atoms with Crippen LogP contribution in [-0.2, 0) is 27.8 Å². The zero-order valence-electron chi connectivity index (χ0n) is 19.5. The number of nitrogens with zero attached hydrogens (tertiary/aromatic N) is 2. The van der Waals surface area contributed by atoms with E-state index in [4.69, 9.17) is 5.11 Å². The number of pyridine rings is 1. The Hall–Kier alpha value is -2.51. The topological polar surface area (TPSA) is 87.6 Å². The molecule has 180 valence electrons. The molecule has 0 bridgehead atoms. The van der Waals surface area contributed by atoms with Gasteiger partial charge in [0.15, 0.2) is 0 Å². The molecule has 33 heavy (non-hydrogen) atoms. The van der Waals surface area contributed by atoms with E-state index in [1.807, 2.05) is 12.1 Å². The summed E-state index contributed by atoms with van der Waals surface area (Å²) in [6.07, 6.45) is 10.9. The Morgan fingerprint density at radius 1 is 1.09 bits per heavy atom. The molecule has 6 nitrogen and oxygen atoms in total. The minimum Gasteiger partial charge on any atom is -0.481 e. The van der Waals surface area contributed by atoms with Crippen molar-refractivity contribution in [3.8, 4) is 0 Å². The first kappa shape index (κ1) is 26.7. The number of sulfonamides is 1. The smallest absolute Gasteiger partial charge is 0.303 e. The fraction of sp³-hybridized carbons (Fsp3) is 0.462. The van der Waals surface area contributed by atoms with E-state index >= 15 is 0 Å². The minimum absolute atomic E-state index is 0.145. The molecule has 7 heteroatoms. The molecule has 0 fully saturated rings. The number of aliphatic carboxylic acids is 1. The SMILES string of the molecule is C=CC(c1cccnc1)S(=O)(=O)N(CCCCCCC(=O)O)Cc1ccc(CCCC)cc1. The van der Waals surface area contributed by atoms with Gasteiger partial charge in [-0.1, -0.05) is 62.6 Å². The van der Waals surface area contributed by atoms with E-state index in [0.717, 1.165) is 37.7 Å². The van der Waals surface area contributed by atoms with Crippen LogP contribution in [0, 0.1) is 0 Å². The number of rotatable bonds is 16. The molecule has 0 aliphatic heterocycles. The summed E-state index contributed by atoms with van der Waals surface area (Å²) in [4.78, 5) is 14.8. The summed E-state index contributed by atoms with van der Waals surface area (Å²) < 4.78 is 28.8. The van der Waals surface area contributed by atoms with Crippen LogP contribution in [0.2, 0.25) is 0 Å². The molecule has 1 N–H and O–H groups in total. The standard InChI is InChI=1S/C26H36N2O4S/c1-3-5-11-22-14-16-23(17-15-22)21-28(19-9-7-6-8-13-26(29)30)33(31,32)25(4-2)24-12-10-18-27-20-24/h4,10,12,14-18,20,25H,2-3,5-9,11,13,19,21H2,1H3,(H,29,30). The third-order valence-corrected chi connectivity index (χ3v) is 7.79. The average molecular weight is 473 g/mol. The van der Waals surface area contributed by atoms with Crippen LogP contribution < -0.4 is 0 Å². The number of carboxylic acid groups (broad SMARTS) is 1. The highest BCUT2D eigenvalue weighted by molar-refractivity contribution is 7.89. The van der Waals surface area contributed by atoms with Crippen molar-refractivity contribution in [2.75, 3.05) is 6.54 Å². The maximum absolute atomic E-state index is 13.6. The Bertz CT molecular complexity index is 960. The Labute approximate surface area is 198 Å². The normalized spacial score (nSPS) is 12.5. The van der Waals surface area contributed by atoms with E-state index in [2.05, 4.69) is 30.6 Å². The number of hydrogen-bond donors (Lipinski definition) is 1. The van der Waals surface area contributed by atoms with Crippen molar-refractivity contribution in [1.29, 1.82) is 0 Å². The quantitative estimate of drug-likeness (QED) is 0.257. The molecule has 0 aliphatic carbocycles. The Morgan fingerprint density at radius 2 is 1.79 bits per heavy atom. The van der Waals surface area contributed by atoms with Crippen LogP contribution in [0.15, 0.2) is 61.4 Å². The van der Waals surface area contributed by atoms with Crippen LogP contribution in [0.5, 0.6) is 0 Å². The number of hydrogen-bond acceptors (Lipinski definition) is 4. The van der Waals surface area contributed by atoms with Crippen LogP contribution in [-0.4, -0.2) is 35.3 Å². The summed E-state index contributed by atoms with van der Waals surface area (Å²) in [5.74, 6) is -0.799. The first-order valence-corrected chi connectivity index (χ1v) is 13.2. The van der Waals surface area contributed by atoms with Gasteiger partial charge >= 0.3 is 5.97 Å². The van der Waals surface area contributed by atoms with Crippen LogP contribution in [0.3, 0.4) is 0 Å². The van der Waals surface area contributed by atoms with Gasteiger partial charge in [-0.25, -0.2) is 8.42 Å². The van der Waals surface area contributed by atoms with Crippen molar-refractivity contribution < 1.29 is 18.3 Å². The summed E-state index contributed by atoms with van der Waals surface area (Å²) in [5.41, 5.74) is 2.79. The van der Waals surface area contributed by atoms with Crippen molar-refractivity contribution in [2.24, 2.45) is 0 Å². The minimum atomic E-state index is -3.71. The van der Waals surface area contributed by atoms with Gasteiger partial charge in [0.1, 0.15) is 5.25 Å². The molecular weight excluding hydrogens is 436 g/mol. The zero-order valence-corrected chi connectivity index (χ0v) is 20.3. The molecule has 1 aromatic heterocycles. The molecule has 0 saturated heterocycles. The van der Waals surface area contributed by atoms with Crippen molar-refractivity contribution in [2.45, 2.75) is 70.1 Å². The van der Waals surface area contributed by atoms with Gasteiger partial charge in [-0.05, 0) is 48.4 Å². The Balaban J connectivity index is 2.16. The molecule has 0 aliphatic rings. The molecule has 0 spiro atoms. The van der Waals surface area contributed by atoms with E-state index in [9.17, 15) is 13.2 Å². The van der Waals surface area contributed by atoms with Gasteiger partial charge in [0.2, 0.25) is 10.0 Å². The molecule has 0 radical (unpaired) electrons. The second kappa shape index (κ2) is 13.9. The van der Waals surface area contributed by atoms with Gasteiger partial charge in [0.05, 0.1) is 0 Å². The van der Waals surface area contributed by atoms with Crippen LogP contribution in [0.25, 0.3) is 0 Å². The first-order chi connectivity index (χ1) is 15.9. The lowest BCUT2D eigenvalue weighted by Gasteiger charge is -2.26. The predicted molar refractivity (Wildman–Crippen MR) is 132 cm³/mol. The van der Waals surface area contributed by atoms with E-state index in [1.54, 1.807) is 24.5 Å². The van der Waals surface area contributed by atoms with Gasteiger partial charge < -0.3 is 5.11 Å². The number of carbonyl (C=O) groups is 1. The number of aromatic nitrogens is 1. The third kappa shape index (κ3) is 8.74. The Kier molecular flexibility index (Phi) is 11.3. The summed E-state index contributed by atoms with van der Waals surface area (Å²) in [5, 5.41) is 7.92. The number of unbranched alkanes of at least 4 members (excludes halogenated alkanes) is 4. The second-order valence-electron chi connectivity index (χ2n) is 8.30. The summed E-state index contributed by atoms with van der Waals surface area (Å²) >= 11 is 0. The number of aryl methyl sites for hydroxylation is 1. The molecule has 0 saturated carbocycles. The maximum atomic E-state index is 13.6. The number of benzene rings is 1. The van der Waals surface area contributed by atoms with Crippen LogP contribution in [0.1, 0.15) is 73.8 Å². The van der Waals surface area contributed by atoms with E-state index in [-0.39, 0.29) is 13.0 Å². The lowest BCUT2D eigenvalue weighted by molar-refractivity contribution is -0.137. The summed E-state index contributed by atoms with van der Waals surface area (Å²) in [7, 11) is -3.71. The molecule has 1 heterocycles. The van der Waals surface area contributed by atoms with E-state index in [0.29, 0.717) is 24.9 Å². The van der Waals surface area contributed by atoms with E-state index in [1.165, 1.54) is 15.9 Å². The molecule has 2 aromatic rings. The lowest BCUT2D eigenvalue weighted by Crippen LogP contribution is -2.35. The monoisotopic (exact) mass is 472 g/mol. The molecule has 2 rings (SSSR count). The van der Waals surface area contributed by atoms with Crippen molar-refractivity contribution in [3.63, 3.8) is 0 Å². The lowest BCUT2D eigenvalue weighted by atomic mass is 10.1. The third-order valence-electron chi connectivity index (χ3n) is 5.66. The number of carboxylic acids is 1. The molecular formula is C26H36N2O4S. The van der Waals surface area contributed by atoms with Gasteiger partial charge in [-0.15, -0.1) is 6.58 Å². The van der Waals surface area contributed by atoms with Crippen molar-refractivity contribution in [3.05, 3.63) is 78.1 Å². The fourth-order valence-electron chi connectivity index (χ4n) is 3.74.